The molecular weight excluding hydrogens is 254 g/mol. The van der Waals surface area contributed by atoms with Crippen molar-refractivity contribution in [3.05, 3.63) is 36.6 Å². The topological polar surface area (TPSA) is 12.0 Å². The molecule has 0 aromatic heterocycles. The van der Waals surface area contributed by atoms with Crippen LogP contribution in [0.15, 0.2) is 36.6 Å². The summed E-state index contributed by atoms with van der Waals surface area (Å²) in [4.78, 5) is 0. The van der Waals surface area contributed by atoms with Crippen LogP contribution in [0.1, 0.15) is 59.3 Å². The van der Waals surface area contributed by atoms with Gasteiger partial charge in [0.25, 0.3) is 0 Å². The van der Waals surface area contributed by atoms with Gasteiger partial charge in [0.15, 0.2) is 0 Å². The van der Waals surface area contributed by atoms with Crippen molar-refractivity contribution < 1.29 is 0 Å². The normalized spacial score (nSPS) is 43.2. The molecule has 1 saturated carbocycles. The summed E-state index contributed by atoms with van der Waals surface area (Å²) in [5.74, 6) is 1.91. The summed E-state index contributed by atoms with van der Waals surface area (Å²) in [6.45, 7) is 16.0. The van der Waals surface area contributed by atoms with E-state index in [2.05, 4.69) is 51.4 Å². The second-order valence-corrected chi connectivity index (χ2v) is 7.81. The molecule has 1 aliphatic heterocycles. The summed E-state index contributed by atoms with van der Waals surface area (Å²) in [5, 5.41) is 3.86. The highest BCUT2D eigenvalue weighted by Gasteiger charge is 2.69. The first-order valence-corrected chi connectivity index (χ1v) is 8.79. The minimum absolute atomic E-state index is 0.0935. The van der Waals surface area contributed by atoms with Gasteiger partial charge in [0.05, 0.1) is 5.54 Å². The molecule has 116 valence electrons. The lowest BCUT2D eigenvalue weighted by Gasteiger charge is -2.61. The number of hydrogen-bond acceptors (Lipinski definition) is 1. The Hall–Kier alpha value is -0.980. The van der Waals surface area contributed by atoms with Gasteiger partial charge in [0, 0.05) is 17.0 Å². The quantitative estimate of drug-likeness (QED) is 0.699. The summed E-state index contributed by atoms with van der Waals surface area (Å²) in [7, 11) is 0. The van der Waals surface area contributed by atoms with Crippen molar-refractivity contribution in [2.24, 2.45) is 23.2 Å². The minimum Gasteiger partial charge on any atom is -0.379 e. The predicted octanol–water partition coefficient (Wildman–Crippen LogP) is 5.22. The Morgan fingerprint density at radius 1 is 1.43 bits per heavy atom. The van der Waals surface area contributed by atoms with Crippen LogP contribution in [0.2, 0.25) is 0 Å². The lowest BCUT2D eigenvalue weighted by molar-refractivity contribution is 0.00525. The van der Waals surface area contributed by atoms with Crippen LogP contribution in [0.5, 0.6) is 0 Å². The van der Waals surface area contributed by atoms with Crippen LogP contribution >= 0.6 is 0 Å². The smallest absolute Gasteiger partial charge is 0.0673 e. The maximum Gasteiger partial charge on any atom is 0.0673 e. The Morgan fingerprint density at radius 3 is 2.76 bits per heavy atom. The maximum atomic E-state index is 4.44. The van der Waals surface area contributed by atoms with Crippen molar-refractivity contribution in [1.29, 1.82) is 0 Å². The first-order valence-electron chi connectivity index (χ1n) is 8.79. The Kier molecular flexibility index (Phi) is 3.58. The molecule has 0 radical (unpaired) electrons. The van der Waals surface area contributed by atoms with E-state index in [-0.39, 0.29) is 5.54 Å². The van der Waals surface area contributed by atoms with Gasteiger partial charge in [-0.15, -0.1) is 0 Å². The van der Waals surface area contributed by atoms with Crippen LogP contribution < -0.4 is 5.32 Å². The van der Waals surface area contributed by atoms with Crippen LogP contribution in [0.25, 0.3) is 0 Å². The summed E-state index contributed by atoms with van der Waals surface area (Å²) in [5.41, 5.74) is 3.10. The first-order chi connectivity index (χ1) is 9.97. The molecule has 3 rings (SSSR count). The van der Waals surface area contributed by atoms with Crippen molar-refractivity contribution in [3.63, 3.8) is 0 Å². The minimum atomic E-state index is 0.0935. The largest absolute Gasteiger partial charge is 0.379 e. The SMILES string of the molecule is C=C1NC2([C@@H](C)C3C=CCCC3)C(=C)C[C@@]2(C)C1CCC. The molecule has 21 heavy (non-hydrogen) atoms. The van der Waals surface area contributed by atoms with Gasteiger partial charge in [-0.3, -0.25) is 0 Å². The van der Waals surface area contributed by atoms with Gasteiger partial charge in [0.1, 0.15) is 0 Å². The zero-order chi connectivity index (χ0) is 15.3. The molecule has 0 amide bonds. The summed E-state index contributed by atoms with van der Waals surface area (Å²) in [6.07, 6.45) is 12.4. The number of rotatable bonds is 4. The summed E-state index contributed by atoms with van der Waals surface area (Å²) >= 11 is 0. The molecule has 0 aromatic rings. The maximum absolute atomic E-state index is 4.44. The van der Waals surface area contributed by atoms with E-state index >= 15 is 0 Å². The van der Waals surface area contributed by atoms with Crippen molar-refractivity contribution in [2.75, 3.05) is 0 Å². The van der Waals surface area contributed by atoms with Crippen molar-refractivity contribution in [1.82, 2.24) is 5.32 Å². The standard InChI is InChI=1S/C20H31N/c1-6-10-18-16(4)21-20(14(2)13-19(18,20)5)15(3)17-11-8-7-9-12-17/h8,11,15,17-18,21H,2,4,6-7,9-10,12-13H2,1,3,5H3/t15-,17?,18?,19-,20?/m0/s1. The van der Waals surface area contributed by atoms with E-state index < -0.39 is 0 Å². The zero-order valence-electron chi connectivity index (χ0n) is 14.0. The van der Waals surface area contributed by atoms with E-state index in [0.29, 0.717) is 23.2 Å². The lowest BCUT2D eigenvalue weighted by Crippen LogP contribution is -2.66. The van der Waals surface area contributed by atoms with Crippen LogP contribution in [0, 0.1) is 23.2 Å². The average molecular weight is 285 g/mol. The molecule has 1 nitrogen and oxygen atoms in total. The third-order valence-electron chi connectivity index (χ3n) is 6.78. The van der Waals surface area contributed by atoms with Gasteiger partial charge < -0.3 is 5.32 Å². The number of nitrogens with one attached hydrogen (secondary N) is 1. The number of hydrogen-bond donors (Lipinski definition) is 1. The molecule has 2 aliphatic carbocycles. The molecule has 1 heterocycles. The van der Waals surface area contributed by atoms with Gasteiger partial charge in [-0.1, -0.05) is 58.1 Å². The van der Waals surface area contributed by atoms with Crippen LogP contribution in [0.4, 0.5) is 0 Å². The summed E-state index contributed by atoms with van der Waals surface area (Å²) < 4.78 is 0. The fourth-order valence-corrected chi connectivity index (χ4v) is 5.69. The zero-order valence-corrected chi connectivity index (χ0v) is 14.0. The fraction of sp³-hybridized carbons (Fsp3) is 0.700. The molecule has 0 aromatic carbocycles. The second kappa shape index (κ2) is 5.04. The third kappa shape index (κ3) is 1.82. The molecule has 0 spiro atoms. The van der Waals surface area contributed by atoms with E-state index in [1.54, 1.807) is 0 Å². The van der Waals surface area contributed by atoms with E-state index in [9.17, 15) is 0 Å². The molecule has 1 saturated heterocycles. The van der Waals surface area contributed by atoms with E-state index in [1.165, 1.54) is 49.8 Å². The Labute approximate surface area is 130 Å². The lowest BCUT2D eigenvalue weighted by atomic mass is 9.45. The van der Waals surface area contributed by atoms with Gasteiger partial charge >= 0.3 is 0 Å². The van der Waals surface area contributed by atoms with Gasteiger partial charge in [0.2, 0.25) is 0 Å². The number of allylic oxidation sites excluding steroid dienone is 3. The highest BCUT2D eigenvalue weighted by molar-refractivity contribution is 5.45. The van der Waals surface area contributed by atoms with Gasteiger partial charge in [-0.25, -0.2) is 0 Å². The molecule has 5 atom stereocenters. The molecule has 1 heteroatoms. The molecule has 3 unspecified atom stereocenters. The monoisotopic (exact) mass is 285 g/mol. The Bertz CT molecular complexity index is 488. The predicted molar refractivity (Wildman–Crippen MR) is 90.9 cm³/mol. The number of fused-ring (bicyclic) bond motifs is 1. The van der Waals surface area contributed by atoms with Crippen molar-refractivity contribution in [2.45, 2.75) is 64.8 Å². The van der Waals surface area contributed by atoms with E-state index in [0.717, 1.165) is 0 Å². The van der Waals surface area contributed by atoms with Crippen LogP contribution in [-0.2, 0) is 0 Å². The van der Waals surface area contributed by atoms with Crippen LogP contribution in [0.3, 0.4) is 0 Å². The Balaban J connectivity index is 1.94. The molecule has 2 fully saturated rings. The van der Waals surface area contributed by atoms with Crippen molar-refractivity contribution in [3.8, 4) is 0 Å². The molecule has 1 N–H and O–H groups in total. The molecule has 3 aliphatic rings. The first kappa shape index (κ1) is 14.9. The molecule has 0 bridgehead atoms. The highest BCUT2D eigenvalue weighted by Crippen LogP contribution is 2.68. The fourth-order valence-electron chi connectivity index (χ4n) is 5.69. The average Bonchev–Trinajstić information content (AvgIpc) is 2.65. The van der Waals surface area contributed by atoms with Gasteiger partial charge in [-0.05, 0) is 43.9 Å². The second-order valence-electron chi connectivity index (χ2n) is 7.81. The third-order valence-corrected chi connectivity index (χ3v) is 6.78. The molecular formula is C20H31N. The van der Waals surface area contributed by atoms with Crippen molar-refractivity contribution >= 4 is 0 Å². The van der Waals surface area contributed by atoms with Gasteiger partial charge in [-0.2, -0.15) is 0 Å². The highest BCUT2D eigenvalue weighted by atomic mass is 15.1. The Morgan fingerprint density at radius 2 is 2.19 bits per heavy atom. The van der Waals surface area contributed by atoms with E-state index in [4.69, 9.17) is 0 Å². The van der Waals surface area contributed by atoms with Crippen LogP contribution in [-0.4, -0.2) is 5.54 Å². The summed E-state index contributed by atoms with van der Waals surface area (Å²) in [6, 6.07) is 0. The van der Waals surface area contributed by atoms with E-state index in [1.807, 2.05) is 0 Å².